The highest BCUT2D eigenvalue weighted by molar-refractivity contribution is 5.23. The van der Waals surface area contributed by atoms with Crippen molar-refractivity contribution in [1.29, 1.82) is 0 Å². The Morgan fingerprint density at radius 1 is 1.50 bits per heavy atom. The first kappa shape index (κ1) is 17.3. The summed E-state index contributed by atoms with van der Waals surface area (Å²) in [5.41, 5.74) is 5.01. The molecule has 2 fully saturated rings. The summed E-state index contributed by atoms with van der Waals surface area (Å²) >= 11 is 0. The van der Waals surface area contributed by atoms with Gasteiger partial charge < -0.3 is 29.8 Å². The smallest absolute Gasteiger partial charge is 0.351 e. The molecular formula is C15H23N3O6. The number of aromatic nitrogens is 2. The highest BCUT2D eigenvalue weighted by Gasteiger charge is 2.44. The van der Waals surface area contributed by atoms with Crippen LogP contribution in [0.3, 0.4) is 0 Å². The van der Waals surface area contributed by atoms with Crippen molar-refractivity contribution in [2.45, 2.75) is 43.5 Å². The molecule has 0 amide bonds. The molecule has 9 heteroatoms. The van der Waals surface area contributed by atoms with Gasteiger partial charge in [0.25, 0.3) is 0 Å². The largest absolute Gasteiger partial charge is 0.394 e. The molecule has 0 spiro atoms. The Bertz CT molecular complexity index is 615. The standard InChI is InChI=1S/C15H23N3O6/c1-21-15(3-6-22-7-4-15)24-10-8-13(23-11(10)9-19)18-5-2-12(16)17-14(18)20/h2,5,10-11,13,19H,3-4,6-9H2,1H3,(H2,16,17,20)/t10-,11+,13+/m0/s1. The third-order valence-electron chi connectivity index (χ3n) is 4.51. The van der Waals surface area contributed by atoms with Crippen LogP contribution in [0.4, 0.5) is 5.82 Å². The first-order chi connectivity index (χ1) is 11.6. The Morgan fingerprint density at radius 2 is 2.25 bits per heavy atom. The van der Waals surface area contributed by atoms with Crippen LogP contribution in [0.1, 0.15) is 25.5 Å². The lowest BCUT2D eigenvalue weighted by Crippen LogP contribution is -2.46. The van der Waals surface area contributed by atoms with Gasteiger partial charge in [-0.2, -0.15) is 4.98 Å². The first-order valence-corrected chi connectivity index (χ1v) is 7.98. The van der Waals surface area contributed by atoms with Crippen LogP contribution in [0.25, 0.3) is 0 Å². The Morgan fingerprint density at radius 3 is 2.88 bits per heavy atom. The lowest BCUT2D eigenvalue weighted by molar-refractivity contribution is -0.281. The molecule has 134 valence electrons. The number of nitrogen functional groups attached to an aromatic ring is 1. The summed E-state index contributed by atoms with van der Waals surface area (Å²) in [5, 5.41) is 9.61. The van der Waals surface area contributed by atoms with Gasteiger partial charge in [0.2, 0.25) is 0 Å². The molecule has 3 heterocycles. The second kappa shape index (κ2) is 7.16. The molecular weight excluding hydrogens is 318 g/mol. The summed E-state index contributed by atoms with van der Waals surface area (Å²) in [7, 11) is 1.60. The fourth-order valence-electron chi connectivity index (χ4n) is 3.13. The molecule has 0 saturated carbocycles. The van der Waals surface area contributed by atoms with E-state index < -0.39 is 29.9 Å². The minimum Gasteiger partial charge on any atom is -0.394 e. The number of aliphatic hydroxyl groups excluding tert-OH is 1. The van der Waals surface area contributed by atoms with Gasteiger partial charge in [-0.05, 0) is 6.07 Å². The average molecular weight is 341 g/mol. The Hall–Kier alpha value is -1.52. The summed E-state index contributed by atoms with van der Waals surface area (Å²) < 4.78 is 24.2. The number of hydrogen-bond acceptors (Lipinski definition) is 8. The zero-order valence-electron chi connectivity index (χ0n) is 13.6. The lowest BCUT2D eigenvalue weighted by atomic mass is 10.1. The van der Waals surface area contributed by atoms with E-state index in [0.29, 0.717) is 32.5 Å². The minimum absolute atomic E-state index is 0.154. The van der Waals surface area contributed by atoms with Crippen molar-refractivity contribution in [2.75, 3.05) is 32.7 Å². The molecule has 24 heavy (non-hydrogen) atoms. The van der Waals surface area contributed by atoms with E-state index in [4.69, 9.17) is 24.7 Å². The number of nitrogens with two attached hydrogens (primary N) is 1. The molecule has 1 aromatic rings. The normalized spacial score (nSPS) is 29.7. The van der Waals surface area contributed by atoms with Crippen molar-refractivity contribution in [3.8, 4) is 0 Å². The highest BCUT2D eigenvalue weighted by atomic mass is 16.7. The van der Waals surface area contributed by atoms with Crippen molar-refractivity contribution >= 4 is 5.82 Å². The van der Waals surface area contributed by atoms with Gasteiger partial charge in [0.05, 0.1) is 25.9 Å². The third kappa shape index (κ3) is 3.45. The van der Waals surface area contributed by atoms with Crippen LogP contribution < -0.4 is 11.4 Å². The molecule has 3 rings (SSSR count). The molecule has 0 unspecified atom stereocenters. The summed E-state index contributed by atoms with van der Waals surface area (Å²) in [4.78, 5) is 15.7. The molecule has 2 aliphatic heterocycles. The number of methoxy groups -OCH3 is 1. The van der Waals surface area contributed by atoms with Gasteiger partial charge in [0.15, 0.2) is 5.79 Å². The van der Waals surface area contributed by atoms with E-state index in [9.17, 15) is 9.90 Å². The van der Waals surface area contributed by atoms with Gasteiger partial charge >= 0.3 is 5.69 Å². The lowest BCUT2D eigenvalue weighted by Gasteiger charge is -2.38. The van der Waals surface area contributed by atoms with Crippen LogP contribution in [0.5, 0.6) is 0 Å². The molecule has 1 aromatic heterocycles. The molecule has 3 N–H and O–H groups in total. The molecule has 0 aromatic carbocycles. The molecule has 9 nitrogen and oxygen atoms in total. The number of nitrogens with zero attached hydrogens (tertiary/aromatic N) is 2. The summed E-state index contributed by atoms with van der Waals surface area (Å²) in [6.45, 7) is 0.889. The van der Waals surface area contributed by atoms with Crippen molar-refractivity contribution in [2.24, 2.45) is 0 Å². The maximum atomic E-state index is 12.0. The fourth-order valence-corrected chi connectivity index (χ4v) is 3.13. The highest BCUT2D eigenvalue weighted by Crippen LogP contribution is 2.36. The van der Waals surface area contributed by atoms with E-state index in [1.807, 2.05) is 0 Å². The fraction of sp³-hybridized carbons (Fsp3) is 0.733. The second-order valence-electron chi connectivity index (χ2n) is 5.97. The number of aliphatic hydroxyl groups is 1. The van der Waals surface area contributed by atoms with Crippen LogP contribution in [0.15, 0.2) is 17.1 Å². The van der Waals surface area contributed by atoms with Crippen LogP contribution in [0.2, 0.25) is 0 Å². The van der Waals surface area contributed by atoms with Gasteiger partial charge in [0, 0.05) is 32.6 Å². The SMILES string of the molecule is COC1(O[C@H]2C[C@H](n3ccc(N)nc3=O)O[C@@H]2CO)CCOCC1. The van der Waals surface area contributed by atoms with Gasteiger partial charge in [-0.1, -0.05) is 0 Å². The monoisotopic (exact) mass is 341 g/mol. The third-order valence-corrected chi connectivity index (χ3v) is 4.51. The summed E-state index contributed by atoms with van der Waals surface area (Å²) in [6, 6.07) is 1.53. The van der Waals surface area contributed by atoms with Crippen molar-refractivity contribution in [3.63, 3.8) is 0 Å². The Kier molecular flexibility index (Phi) is 5.16. The second-order valence-corrected chi connectivity index (χ2v) is 5.97. The van der Waals surface area contributed by atoms with Gasteiger partial charge in [-0.15, -0.1) is 0 Å². The average Bonchev–Trinajstić information content (AvgIpc) is 2.98. The first-order valence-electron chi connectivity index (χ1n) is 7.98. The van der Waals surface area contributed by atoms with E-state index >= 15 is 0 Å². The quantitative estimate of drug-likeness (QED) is 0.697. The Balaban J connectivity index is 1.75. The Labute approximate surface area is 139 Å². The summed E-state index contributed by atoms with van der Waals surface area (Å²) in [5.74, 6) is -0.597. The predicted molar refractivity (Wildman–Crippen MR) is 83.2 cm³/mol. The van der Waals surface area contributed by atoms with Crippen molar-refractivity contribution < 1.29 is 24.1 Å². The van der Waals surface area contributed by atoms with Crippen LogP contribution in [0, 0.1) is 0 Å². The zero-order chi connectivity index (χ0) is 17.2. The predicted octanol–water partition coefficient (Wildman–Crippen LogP) is -0.356. The molecule has 3 atom stereocenters. The topological polar surface area (TPSA) is 118 Å². The minimum atomic E-state index is -0.751. The summed E-state index contributed by atoms with van der Waals surface area (Å²) in [6.07, 6.45) is 1.63. The van der Waals surface area contributed by atoms with Gasteiger partial charge in [0.1, 0.15) is 18.1 Å². The van der Waals surface area contributed by atoms with E-state index in [1.165, 1.54) is 16.8 Å². The number of anilines is 1. The number of hydrogen-bond donors (Lipinski definition) is 2. The van der Waals surface area contributed by atoms with Gasteiger partial charge in [-0.3, -0.25) is 4.57 Å². The van der Waals surface area contributed by atoms with Crippen LogP contribution in [-0.2, 0) is 18.9 Å². The molecule has 0 radical (unpaired) electrons. The molecule has 2 aliphatic rings. The van der Waals surface area contributed by atoms with Crippen LogP contribution >= 0.6 is 0 Å². The van der Waals surface area contributed by atoms with Crippen LogP contribution in [-0.4, -0.2) is 59.6 Å². The number of ether oxygens (including phenoxy) is 4. The zero-order valence-corrected chi connectivity index (χ0v) is 13.6. The van der Waals surface area contributed by atoms with E-state index in [0.717, 1.165) is 0 Å². The van der Waals surface area contributed by atoms with E-state index in [2.05, 4.69) is 4.98 Å². The van der Waals surface area contributed by atoms with Gasteiger partial charge in [-0.25, -0.2) is 4.79 Å². The maximum Gasteiger partial charge on any atom is 0.351 e. The van der Waals surface area contributed by atoms with Crippen molar-refractivity contribution in [3.05, 3.63) is 22.7 Å². The maximum absolute atomic E-state index is 12.0. The van der Waals surface area contributed by atoms with Crippen molar-refractivity contribution in [1.82, 2.24) is 9.55 Å². The molecule has 0 bridgehead atoms. The van der Waals surface area contributed by atoms with E-state index in [1.54, 1.807) is 7.11 Å². The molecule has 2 saturated heterocycles. The number of rotatable bonds is 5. The van der Waals surface area contributed by atoms with E-state index in [-0.39, 0.29) is 12.4 Å². The molecule has 0 aliphatic carbocycles.